The van der Waals surface area contributed by atoms with Gasteiger partial charge in [-0.25, -0.2) is 4.58 Å². The van der Waals surface area contributed by atoms with Gasteiger partial charge in [0.05, 0.1) is 0 Å². The lowest BCUT2D eigenvalue weighted by molar-refractivity contribution is -0.531. The van der Waals surface area contributed by atoms with Crippen LogP contribution in [0.4, 0.5) is 0 Å². The van der Waals surface area contributed by atoms with E-state index in [0.717, 1.165) is 19.4 Å². The van der Waals surface area contributed by atoms with E-state index in [-0.39, 0.29) is 17.5 Å². The Morgan fingerprint density at radius 1 is 1.33 bits per heavy atom. The molecule has 0 aromatic carbocycles. The van der Waals surface area contributed by atoms with E-state index in [4.69, 9.17) is 0 Å². The van der Waals surface area contributed by atoms with E-state index in [9.17, 15) is 4.79 Å². The highest BCUT2D eigenvalue weighted by atomic mass is 16.2. The molecule has 1 aliphatic rings. The smallest absolute Gasteiger partial charge is 0.289 e. The molecule has 1 rings (SSSR count). The topological polar surface area (TPSA) is 32.1 Å². The molecule has 1 aliphatic heterocycles. The van der Waals surface area contributed by atoms with Gasteiger partial charge >= 0.3 is 0 Å². The van der Waals surface area contributed by atoms with Crippen molar-refractivity contribution < 1.29 is 9.37 Å². The molecule has 1 atom stereocenters. The van der Waals surface area contributed by atoms with E-state index >= 15 is 0 Å². The van der Waals surface area contributed by atoms with Crippen LogP contribution in [-0.4, -0.2) is 34.3 Å². The first-order valence-corrected chi connectivity index (χ1v) is 5.70. The van der Waals surface area contributed by atoms with Crippen molar-refractivity contribution in [1.82, 2.24) is 5.32 Å². The van der Waals surface area contributed by atoms with Gasteiger partial charge in [0.2, 0.25) is 6.04 Å². The summed E-state index contributed by atoms with van der Waals surface area (Å²) < 4.78 is 2.21. The second-order valence-electron chi connectivity index (χ2n) is 5.54. The lowest BCUT2D eigenvalue weighted by Gasteiger charge is -2.21. The Labute approximate surface area is 92.6 Å². The summed E-state index contributed by atoms with van der Waals surface area (Å²) in [6, 6.07) is 0.0502. The monoisotopic (exact) mass is 211 g/mol. The molecule has 0 radical (unpaired) electrons. The minimum Gasteiger partial charge on any atom is -0.346 e. The Balaban J connectivity index is 2.72. The van der Waals surface area contributed by atoms with Gasteiger partial charge in [-0.05, 0) is 20.8 Å². The van der Waals surface area contributed by atoms with Crippen LogP contribution in [0.3, 0.4) is 0 Å². The number of carbonyl (C=O) groups is 1. The largest absolute Gasteiger partial charge is 0.346 e. The molecule has 0 aliphatic carbocycles. The van der Waals surface area contributed by atoms with Crippen molar-refractivity contribution in [3.63, 3.8) is 0 Å². The molecule has 1 amide bonds. The normalized spacial score (nSPS) is 21.7. The second-order valence-corrected chi connectivity index (χ2v) is 5.54. The SMILES string of the molecule is CC(C)=[N+]1CCC[C@H]1C(=O)NC(C)(C)C. The summed E-state index contributed by atoms with van der Waals surface area (Å²) in [5.41, 5.74) is 1.11. The summed E-state index contributed by atoms with van der Waals surface area (Å²) in [6.07, 6.45) is 2.10. The van der Waals surface area contributed by atoms with Crippen LogP contribution >= 0.6 is 0 Å². The van der Waals surface area contributed by atoms with Crippen LogP contribution in [0.2, 0.25) is 0 Å². The van der Waals surface area contributed by atoms with Gasteiger partial charge in [0, 0.05) is 32.2 Å². The number of hydrogen-bond donors (Lipinski definition) is 1. The van der Waals surface area contributed by atoms with Gasteiger partial charge in [0.15, 0.2) is 0 Å². The highest BCUT2D eigenvalue weighted by Crippen LogP contribution is 2.14. The molecular formula is C12H23N2O+. The fourth-order valence-corrected chi connectivity index (χ4v) is 2.03. The van der Waals surface area contributed by atoms with Gasteiger partial charge in [-0.15, -0.1) is 0 Å². The summed E-state index contributed by atoms with van der Waals surface area (Å²) in [7, 11) is 0. The molecule has 1 N–H and O–H groups in total. The van der Waals surface area contributed by atoms with E-state index in [1.165, 1.54) is 5.71 Å². The highest BCUT2D eigenvalue weighted by Gasteiger charge is 2.36. The number of carbonyl (C=O) groups excluding carboxylic acids is 1. The van der Waals surface area contributed by atoms with E-state index in [1.54, 1.807) is 0 Å². The van der Waals surface area contributed by atoms with Gasteiger partial charge < -0.3 is 5.32 Å². The molecule has 86 valence electrons. The first-order valence-electron chi connectivity index (χ1n) is 5.70. The fraction of sp³-hybridized carbons (Fsp3) is 0.833. The highest BCUT2D eigenvalue weighted by molar-refractivity contribution is 5.83. The Hall–Kier alpha value is -0.860. The van der Waals surface area contributed by atoms with E-state index in [0.29, 0.717) is 0 Å². The summed E-state index contributed by atoms with van der Waals surface area (Å²) >= 11 is 0. The van der Waals surface area contributed by atoms with Crippen LogP contribution in [-0.2, 0) is 4.79 Å². The van der Waals surface area contributed by atoms with Gasteiger partial charge in [-0.3, -0.25) is 4.79 Å². The lowest BCUT2D eigenvalue weighted by Crippen LogP contribution is -2.48. The van der Waals surface area contributed by atoms with Gasteiger partial charge in [-0.1, -0.05) is 0 Å². The van der Waals surface area contributed by atoms with Crippen molar-refractivity contribution in [3.8, 4) is 0 Å². The fourth-order valence-electron chi connectivity index (χ4n) is 2.03. The third-order valence-corrected chi connectivity index (χ3v) is 2.63. The van der Waals surface area contributed by atoms with Crippen LogP contribution in [0.5, 0.6) is 0 Å². The summed E-state index contributed by atoms with van der Waals surface area (Å²) in [6.45, 7) is 11.2. The summed E-state index contributed by atoms with van der Waals surface area (Å²) in [5.74, 6) is 0.168. The molecule has 0 spiro atoms. The minimum absolute atomic E-state index is 0.0502. The molecule has 0 aromatic heterocycles. The first kappa shape index (κ1) is 12.2. The zero-order valence-corrected chi connectivity index (χ0v) is 10.6. The van der Waals surface area contributed by atoms with Gasteiger partial charge in [-0.2, -0.15) is 0 Å². The third kappa shape index (κ3) is 3.33. The van der Waals surface area contributed by atoms with Gasteiger partial charge in [0.25, 0.3) is 5.91 Å². The predicted octanol–water partition coefficient (Wildman–Crippen LogP) is 1.56. The first-order chi connectivity index (χ1) is 6.81. The van der Waals surface area contributed by atoms with Crippen molar-refractivity contribution in [3.05, 3.63) is 0 Å². The summed E-state index contributed by atoms with van der Waals surface area (Å²) in [4.78, 5) is 12.0. The Morgan fingerprint density at radius 2 is 1.93 bits per heavy atom. The van der Waals surface area contributed by atoms with Crippen LogP contribution < -0.4 is 5.32 Å². The van der Waals surface area contributed by atoms with E-state index < -0.39 is 0 Å². The van der Waals surface area contributed by atoms with Crippen molar-refractivity contribution >= 4 is 11.6 Å². The number of nitrogens with one attached hydrogen (secondary N) is 1. The van der Waals surface area contributed by atoms with E-state index in [1.807, 2.05) is 20.8 Å². The summed E-state index contributed by atoms with van der Waals surface area (Å²) in [5, 5.41) is 3.05. The molecule has 1 heterocycles. The maximum Gasteiger partial charge on any atom is 0.289 e. The standard InChI is InChI=1S/C12H22N2O/c1-9(2)14-8-6-7-10(14)11(15)13-12(3,4)5/h10H,6-8H2,1-5H3/p+1/t10-/m0/s1. The molecule has 0 saturated carbocycles. The molecule has 0 aromatic rings. The minimum atomic E-state index is -0.132. The third-order valence-electron chi connectivity index (χ3n) is 2.63. The molecule has 1 fully saturated rings. The van der Waals surface area contributed by atoms with Crippen LogP contribution in [0.25, 0.3) is 0 Å². The number of nitrogens with zero attached hydrogens (tertiary/aromatic N) is 1. The lowest BCUT2D eigenvalue weighted by atomic mass is 10.1. The molecule has 15 heavy (non-hydrogen) atoms. The number of amides is 1. The molecular weight excluding hydrogens is 188 g/mol. The second kappa shape index (κ2) is 4.33. The Morgan fingerprint density at radius 3 is 2.40 bits per heavy atom. The molecule has 1 saturated heterocycles. The molecule has 0 bridgehead atoms. The van der Waals surface area contributed by atoms with Crippen molar-refractivity contribution in [2.75, 3.05) is 6.54 Å². The number of hydrogen-bond acceptors (Lipinski definition) is 1. The number of rotatable bonds is 1. The quantitative estimate of drug-likeness (QED) is 0.656. The van der Waals surface area contributed by atoms with E-state index in [2.05, 4.69) is 23.7 Å². The Bertz CT molecular complexity index is 282. The van der Waals surface area contributed by atoms with Crippen LogP contribution in [0.1, 0.15) is 47.5 Å². The molecule has 0 unspecified atom stereocenters. The predicted molar refractivity (Wildman–Crippen MR) is 62.4 cm³/mol. The molecule has 3 nitrogen and oxygen atoms in total. The van der Waals surface area contributed by atoms with Crippen molar-refractivity contribution in [2.24, 2.45) is 0 Å². The Kier molecular flexibility index (Phi) is 3.53. The van der Waals surface area contributed by atoms with Crippen molar-refractivity contribution in [2.45, 2.75) is 59.0 Å². The van der Waals surface area contributed by atoms with Crippen LogP contribution in [0, 0.1) is 0 Å². The average molecular weight is 211 g/mol. The zero-order chi connectivity index (χ0) is 11.6. The maximum absolute atomic E-state index is 12.0. The van der Waals surface area contributed by atoms with Gasteiger partial charge in [0.1, 0.15) is 12.3 Å². The zero-order valence-electron chi connectivity index (χ0n) is 10.6. The average Bonchev–Trinajstić information content (AvgIpc) is 2.47. The van der Waals surface area contributed by atoms with Crippen molar-refractivity contribution in [1.29, 1.82) is 0 Å². The molecule has 3 heteroatoms. The maximum atomic E-state index is 12.0. The van der Waals surface area contributed by atoms with Crippen LogP contribution in [0.15, 0.2) is 0 Å².